The molecule has 2 aromatic heterocycles. The highest BCUT2D eigenvalue weighted by atomic mass is 79.9. The Morgan fingerprint density at radius 1 is 1.14 bits per heavy atom. The van der Waals surface area contributed by atoms with Gasteiger partial charge in [-0.25, -0.2) is 9.79 Å². The van der Waals surface area contributed by atoms with E-state index >= 15 is 0 Å². The minimum atomic E-state index is -0.868. The molecule has 1 atom stereocenters. The average molecular weight is 666 g/mol. The minimum absolute atomic E-state index is 0.114. The number of carbonyl (C=O) groups excluding carboxylic acids is 2. The van der Waals surface area contributed by atoms with Crippen LogP contribution in [0, 0.1) is 5.92 Å². The molecule has 3 heterocycles. The lowest BCUT2D eigenvalue weighted by molar-refractivity contribution is -0.140. The van der Waals surface area contributed by atoms with Gasteiger partial charge in [-0.2, -0.15) is 0 Å². The number of hydrogen-bond acceptors (Lipinski definition) is 9. The third-order valence-electron chi connectivity index (χ3n) is 6.56. The maximum Gasteiger partial charge on any atom is 0.338 e. The molecule has 2 aromatic carbocycles. The number of furan rings is 1. The first-order chi connectivity index (χ1) is 20.5. The van der Waals surface area contributed by atoms with Crippen molar-refractivity contribution in [2.45, 2.75) is 33.7 Å². The summed E-state index contributed by atoms with van der Waals surface area (Å²) in [5.41, 5.74) is 1.77. The Kier molecular flexibility index (Phi) is 8.84. The number of aromatic nitrogens is 1. The Morgan fingerprint density at radius 3 is 2.63 bits per heavy atom. The summed E-state index contributed by atoms with van der Waals surface area (Å²) >= 11 is 4.67. The van der Waals surface area contributed by atoms with Crippen LogP contribution in [0.4, 0.5) is 0 Å². The van der Waals surface area contributed by atoms with Crippen molar-refractivity contribution in [3.05, 3.63) is 101 Å². The molecule has 0 bridgehead atoms. The lowest BCUT2D eigenvalue weighted by Crippen LogP contribution is -2.40. The maximum absolute atomic E-state index is 14.0. The maximum atomic E-state index is 14.0. The predicted molar refractivity (Wildman–Crippen MR) is 166 cm³/mol. The summed E-state index contributed by atoms with van der Waals surface area (Å²) < 4.78 is 25.2. The highest BCUT2D eigenvalue weighted by Crippen LogP contribution is 2.36. The third-order valence-corrected chi connectivity index (χ3v) is 8.03. The summed E-state index contributed by atoms with van der Waals surface area (Å²) in [6.45, 7) is 7.10. The molecule has 1 aliphatic rings. The van der Waals surface area contributed by atoms with Crippen LogP contribution in [-0.4, -0.2) is 30.2 Å². The van der Waals surface area contributed by atoms with Crippen molar-refractivity contribution in [2.24, 2.45) is 10.9 Å². The molecule has 5 rings (SSSR count). The molecular weight excluding hydrogens is 636 g/mol. The molecule has 0 aliphatic carbocycles. The van der Waals surface area contributed by atoms with Crippen LogP contribution in [0.2, 0.25) is 0 Å². The number of allylic oxidation sites excluding steroid dienone is 1. The lowest BCUT2D eigenvalue weighted by Gasteiger charge is -2.25. The van der Waals surface area contributed by atoms with Gasteiger partial charge in [0.15, 0.2) is 16.3 Å². The Hall–Kier alpha value is -4.22. The number of thiazole rings is 1. The normalized spacial score (nSPS) is 14.9. The Morgan fingerprint density at radius 2 is 1.93 bits per heavy atom. The SMILES string of the molecule is COc1cc([C@H]2C(C(=O)OCC(C)C)=C(C)N=c3s/c(=C/c4ccc(-c5cccc(Br)c5)o4)c(=O)n32)ccc1OC(C)=O. The van der Waals surface area contributed by atoms with Gasteiger partial charge < -0.3 is 18.6 Å². The van der Waals surface area contributed by atoms with E-state index in [1.54, 1.807) is 37.3 Å². The van der Waals surface area contributed by atoms with Gasteiger partial charge in [0.25, 0.3) is 5.56 Å². The monoisotopic (exact) mass is 664 g/mol. The number of methoxy groups -OCH3 is 1. The van der Waals surface area contributed by atoms with Gasteiger partial charge in [-0.15, -0.1) is 0 Å². The minimum Gasteiger partial charge on any atom is -0.493 e. The zero-order valence-electron chi connectivity index (χ0n) is 24.2. The van der Waals surface area contributed by atoms with Gasteiger partial charge in [-0.3, -0.25) is 14.2 Å². The molecule has 0 saturated carbocycles. The summed E-state index contributed by atoms with van der Waals surface area (Å²) in [4.78, 5) is 44.1. The molecule has 4 aromatic rings. The average Bonchev–Trinajstić information content (AvgIpc) is 3.55. The number of halogens is 1. The number of ether oxygens (including phenoxy) is 3. The van der Waals surface area contributed by atoms with Crippen LogP contribution >= 0.6 is 27.3 Å². The van der Waals surface area contributed by atoms with Gasteiger partial charge in [0, 0.05) is 23.0 Å². The highest BCUT2D eigenvalue weighted by Gasteiger charge is 2.34. The van der Waals surface area contributed by atoms with E-state index in [1.165, 1.54) is 29.9 Å². The molecule has 1 aliphatic heterocycles. The van der Waals surface area contributed by atoms with Gasteiger partial charge in [-0.1, -0.05) is 59.3 Å². The van der Waals surface area contributed by atoms with Crippen molar-refractivity contribution in [1.29, 1.82) is 0 Å². The number of fused-ring (bicyclic) bond motifs is 1. The number of benzene rings is 2. The second-order valence-electron chi connectivity index (χ2n) is 10.3. The first kappa shape index (κ1) is 30.2. The third kappa shape index (κ3) is 6.42. The Balaban J connectivity index is 1.64. The Labute approximate surface area is 259 Å². The summed E-state index contributed by atoms with van der Waals surface area (Å²) in [6.07, 6.45) is 1.67. The summed E-state index contributed by atoms with van der Waals surface area (Å²) in [6, 6.07) is 15.4. The number of nitrogens with zero attached hydrogens (tertiary/aromatic N) is 2. The van der Waals surface area contributed by atoms with Crippen LogP contribution < -0.4 is 24.4 Å². The summed E-state index contributed by atoms with van der Waals surface area (Å²) in [5, 5.41) is 0. The molecule has 0 amide bonds. The number of hydrogen-bond donors (Lipinski definition) is 0. The molecule has 0 radical (unpaired) electrons. The zero-order valence-corrected chi connectivity index (χ0v) is 26.6. The lowest BCUT2D eigenvalue weighted by atomic mass is 9.95. The fourth-order valence-electron chi connectivity index (χ4n) is 4.67. The largest absolute Gasteiger partial charge is 0.493 e. The van der Waals surface area contributed by atoms with Gasteiger partial charge in [0.1, 0.15) is 11.5 Å². The quantitative estimate of drug-likeness (QED) is 0.183. The van der Waals surface area contributed by atoms with Crippen molar-refractivity contribution < 1.29 is 28.2 Å². The fourth-order valence-corrected chi connectivity index (χ4v) is 6.09. The zero-order chi connectivity index (χ0) is 30.8. The van der Waals surface area contributed by atoms with Crippen molar-refractivity contribution in [3.63, 3.8) is 0 Å². The van der Waals surface area contributed by atoms with Gasteiger partial charge >= 0.3 is 11.9 Å². The fraction of sp³-hybridized carbons (Fsp3) is 0.250. The number of esters is 2. The topological polar surface area (TPSA) is 109 Å². The van der Waals surface area contributed by atoms with E-state index in [0.29, 0.717) is 32.1 Å². The molecule has 0 saturated heterocycles. The standard InChI is InChI=1S/C32H29BrN2O7S/c1-17(2)16-40-31(38)28-18(3)34-32-35(29(28)21-9-11-25(41-19(4)36)26(14-21)39-5)30(37)27(43-32)15-23-10-12-24(42-23)20-7-6-8-22(33)13-20/h6-15,17,29H,16H2,1-5H3/b27-15+/t29-/m0/s1. The molecule has 0 fully saturated rings. The van der Waals surface area contributed by atoms with E-state index in [-0.39, 0.29) is 35.2 Å². The second kappa shape index (κ2) is 12.6. The van der Waals surface area contributed by atoms with Crippen LogP contribution in [0.5, 0.6) is 11.5 Å². The van der Waals surface area contributed by atoms with Crippen LogP contribution in [-0.2, 0) is 14.3 Å². The smallest absolute Gasteiger partial charge is 0.338 e. The molecule has 43 heavy (non-hydrogen) atoms. The van der Waals surface area contributed by atoms with Gasteiger partial charge in [-0.05, 0) is 54.8 Å². The van der Waals surface area contributed by atoms with Crippen molar-refractivity contribution >= 4 is 45.3 Å². The highest BCUT2D eigenvalue weighted by molar-refractivity contribution is 9.10. The first-order valence-corrected chi connectivity index (χ1v) is 15.1. The van der Waals surface area contributed by atoms with Crippen LogP contribution in [0.25, 0.3) is 17.4 Å². The van der Waals surface area contributed by atoms with Crippen LogP contribution in [0.15, 0.2) is 84.5 Å². The molecule has 0 N–H and O–H groups in total. The van der Waals surface area contributed by atoms with E-state index in [2.05, 4.69) is 20.9 Å². The van der Waals surface area contributed by atoms with Crippen molar-refractivity contribution in [3.8, 4) is 22.8 Å². The van der Waals surface area contributed by atoms with Crippen molar-refractivity contribution in [1.82, 2.24) is 4.57 Å². The van der Waals surface area contributed by atoms with Crippen molar-refractivity contribution in [2.75, 3.05) is 13.7 Å². The van der Waals surface area contributed by atoms with Crippen LogP contribution in [0.3, 0.4) is 0 Å². The summed E-state index contributed by atoms with van der Waals surface area (Å²) in [7, 11) is 1.45. The van der Waals surface area contributed by atoms with E-state index in [9.17, 15) is 14.4 Å². The van der Waals surface area contributed by atoms with Gasteiger partial charge in [0.2, 0.25) is 0 Å². The molecular formula is C32H29BrN2O7S. The number of rotatable bonds is 8. The van der Waals surface area contributed by atoms with E-state index < -0.39 is 18.0 Å². The first-order valence-electron chi connectivity index (χ1n) is 13.5. The number of carbonyl (C=O) groups is 2. The van der Waals surface area contributed by atoms with E-state index in [4.69, 9.17) is 18.6 Å². The molecule has 0 spiro atoms. The predicted octanol–water partition coefficient (Wildman–Crippen LogP) is 5.39. The summed E-state index contributed by atoms with van der Waals surface area (Å²) in [5.74, 6) is 0.684. The second-order valence-corrected chi connectivity index (χ2v) is 12.2. The Bertz CT molecular complexity index is 1930. The van der Waals surface area contributed by atoms with Crippen LogP contribution in [0.1, 0.15) is 45.1 Å². The molecule has 11 heteroatoms. The molecule has 0 unspecified atom stereocenters. The molecule has 222 valence electrons. The van der Waals surface area contributed by atoms with E-state index in [0.717, 1.165) is 10.0 Å². The van der Waals surface area contributed by atoms with Gasteiger partial charge in [0.05, 0.1) is 35.6 Å². The molecule has 9 nitrogen and oxygen atoms in total. The van der Waals surface area contributed by atoms with E-state index in [1.807, 2.05) is 44.2 Å².